The molecule has 0 radical (unpaired) electrons. The van der Waals surface area contributed by atoms with E-state index in [4.69, 9.17) is 5.73 Å². The first kappa shape index (κ1) is 23.7. The van der Waals surface area contributed by atoms with Gasteiger partial charge in [-0.1, -0.05) is 77.2 Å². The highest BCUT2D eigenvalue weighted by molar-refractivity contribution is 5.73. The Morgan fingerprint density at radius 3 is 2.30 bits per heavy atom. The van der Waals surface area contributed by atoms with Crippen molar-refractivity contribution in [1.29, 1.82) is 0 Å². The van der Waals surface area contributed by atoms with Gasteiger partial charge in [-0.05, 0) is 37.8 Å². The molecule has 1 aliphatic heterocycles. The zero-order chi connectivity index (χ0) is 20.4. The molecule has 1 saturated carbocycles. The zero-order valence-electron chi connectivity index (χ0n) is 18.5. The molecule has 3 nitrogen and oxygen atoms in total. The number of fused-ring (bicyclic) bond motifs is 1. The smallest absolute Gasteiger partial charge is 0.104 e. The summed E-state index contributed by atoms with van der Waals surface area (Å²) in [5.74, 6) is 1.04. The molecule has 0 aromatic heterocycles. The standard InChI is InChI=1S/C15H22N2O.C7H14.C2H6/c1-4-12-11-8-6-7-10(3)15(11)13(9-14(16)18)17(12)5-2;1-7-5-3-2-4-6-7;1-2/h4,6-8,13-14,18H,5,9,16H2,1-3H3;7H,2-6H2,1H3;1-2H3/b12-4-;;. The fraction of sp³-hybridized carbons (Fsp3) is 0.667. The Labute approximate surface area is 167 Å². The van der Waals surface area contributed by atoms with Crippen LogP contribution in [0.1, 0.15) is 95.9 Å². The van der Waals surface area contributed by atoms with Crippen LogP contribution in [0.4, 0.5) is 0 Å². The molecule has 0 amide bonds. The molecule has 0 spiro atoms. The zero-order valence-corrected chi connectivity index (χ0v) is 18.5. The molecular weight excluding hydrogens is 332 g/mol. The monoisotopic (exact) mass is 374 g/mol. The van der Waals surface area contributed by atoms with Crippen LogP contribution in [0.15, 0.2) is 24.3 Å². The van der Waals surface area contributed by atoms with E-state index in [1.165, 1.54) is 54.5 Å². The van der Waals surface area contributed by atoms with Gasteiger partial charge in [-0.15, -0.1) is 0 Å². The first-order chi connectivity index (χ1) is 13.0. The lowest BCUT2D eigenvalue weighted by Crippen LogP contribution is -2.29. The molecule has 3 N–H and O–H groups in total. The van der Waals surface area contributed by atoms with Crippen molar-refractivity contribution in [2.24, 2.45) is 11.7 Å². The lowest BCUT2D eigenvalue weighted by atomic mass is 9.91. The van der Waals surface area contributed by atoms with Crippen LogP contribution in [0.3, 0.4) is 0 Å². The largest absolute Gasteiger partial charge is 0.379 e. The third-order valence-electron chi connectivity index (χ3n) is 5.59. The lowest BCUT2D eigenvalue weighted by Gasteiger charge is -2.28. The Balaban J connectivity index is 0.000000338. The molecule has 0 bridgehead atoms. The summed E-state index contributed by atoms with van der Waals surface area (Å²) in [4.78, 5) is 2.33. The van der Waals surface area contributed by atoms with Gasteiger partial charge in [0.25, 0.3) is 0 Å². The number of nitrogens with two attached hydrogens (primary N) is 1. The Bertz CT molecular complexity index is 574. The van der Waals surface area contributed by atoms with E-state index in [1.54, 1.807) is 0 Å². The second-order valence-electron chi connectivity index (χ2n) is 7.56. The third-order valence-corrected chi connectivity index (χ3v) is 5.59. The van der Waals surface area contributed by atoms with Crippen LogP contribution < -0.4 is 5.73 Å². The molecule has 3 rings (SSSR count). The van der Waals surface area contributed by atoms with Crippen molar-refractivity contribution in [1.82, 2.24) is 4.90 Å². The van der Waals surface area contributed by atoms with Gasteiger partial charge in [-0.3, -0.25) is 0 Å². The number of rotatable bonds is 3. The van der Waals surface area contributed by atoms with E-state index in [2.05, 4.69) is 56.9 Å². The van der Waals surface area contributed by atoms with Gasteiger partial charge in [0.1, 0.15) is 6.23 Å². The van der Waals surface area contributed by atoms with E-state index in [0.717, 1.165) is 12.5 Å². The number of aliphatic hydroxyl groups is 1. The number of nitrogens with zero attached hydrogens (tertiary/aromatic N) is 1. The van der Waals surface area contributed by atoms with Gasteiger partial charge in [-0.25, -0.2) is 0 Å². The molecule has 27 heavy (non-hydrogen) atoms. The molecule has 2 aliphatic rings. The summed E-state index contributed by atoms with van der Waals surface area (Å²) in [5.41, 5.74) is 10.7. The van der Waals surface area contributed by atoms with Crippen LogP contribution in [0.25, 0.3) is 5.70 Å². The molecule has 0 saturated heterocycles. The SMILES string of the molecule is C/C=C1/c2cccc(C)c2C(CC(N)O)N1CC.CC.CC1CCCCC1. The van der Waals surface area contributed by atoms with Crippen LogP contribution in [0.5, 0.6) is 0 Å². The molecule has 2 unspecified atom stereocenters. The summed E-state index contributed by atoms with van der Waals surface area (Å²) in [6.45, 7) is 13.6. The highest BCUT2D eigenvalue weighted by Gasteiger charge is 2.33. The van der Waals surface area contributed by atoms with E-state index >= 15 is 0 Å². The Morgan fingerprint density at radius 2 is 1.85 bits per heavy atom. The first-order valence-corrected chi connectivity index (χ1v) is 11.0. The number of hydrogen-bond acceptors (Lipinski definition) is 3. The Hall–Kier alpha value is -1.32. The van der Waals surface area contributed by atoms with E-state index in [0.29, 0.717) is 6.42 Å². The second-order valence-corrected chi connectivity index (χ2v) is 7.56. The number of aryl methyl sites for hydroxylation is 1. The van der Waals surface area contributed by atoms with Crippen molar-refractivity contribution in [3.05, 3.63) is 41.0 Å². The quantitative estimate of drug-likeness (QED) is 0.637. The molecule has 154 valence electrons. The summed E-state index contributed by atoms with van der Waals surface area (Å²) in [6.07, 6.45) is 9.38. The van der Waals surface area contributed by atoms with Crippen molar-refractivity contribution in [3.63, 3.8) is 0 Å². The van der Waals surface area contributed by atoms with Crippen molar-refractivity contribution in [3.8, 4) is 0 Å². The van der Waals surface area contributed by atoms with E-state index < -0.39 is 6.23 Å². The number of allylic oxidation sites excluding steroid dienone is 1. The maximum absolute atomic E-state index is 9.53. The van der Waals surface area contributed by atoms with Crippen LogP contribution in [0, 0.1) is 12.8 Å². The van der Waals surface area contributed by atoms with Crippen LogP contribution in [-0.2, 0) is 0 Å². The average molecular weight is 375 g/mol. The van der Waals surface area contributed by atoms with Crippen molar-refractivity contribution in [2.75, 3.05) is 6.54 Å². The summed E-state index contributed by atoms with van der Waals surface area (Å²) >= 11 is 0. The predicted molar refractivity (Wildman–Crippen MR) is 118 cm³/mol. The topological polar surface area (TPSA) is 49.5 Å². The number of benzene rings is 1. The van der Waals surface area contributed by atoms with Gasteiger partial charge >= 0.3 is 0 Å². The molecule has 1 aliphatic carbocycles. The summed E-state index contributed by atoms with van der Waals surface area (Å²) in [7, 11) is 0. The average Bonchev–Trinajstić information content (AvgIpc) is 2.97. The predicted octanol–water partition coefficient (Wildman–Crippen LogP) is 6.01. The van der Waals surface area contributed by atoms with E-state index in [1.807, 2.05) is 13.8 Å². The normalized spacial score (nSPS) is 21.7. The summed E-state index contributed by atoms with van der Waals surface area (Å²) < 4.78 is 0. The van der Waals surface area contributed by atoms with E-state index in [9.17, 15) is 5.11 Å². The van der Waals surface area contributed by atoms with Gasteiger partial charge < -0.3 is 15.7 Å². The minimum atomic E-state index is -0.771. The number of aliphatic hydroxyl groups excluding tert-OH is 1. The summed E-state index contributed by atoms with van der Waals surface area (Å²) in [5, 5.41) is 9.53. The highest BCUT2D eigenvalue weighted by atomic mass is 16.3. The fourth-order valence-electron chi connectivity index (χ4n) is 4.32. The van der Waals surface area contributed by atoms with Crippen LogP contribution >= 0.6 is 0 Å². The number of hydrogen-bond donors (Lipinski definition) is 2. The lowest BCUT2D eigenvalue weighted by molar-refractivity contribution is 0.136. The van der Waals surface area contributed by atoms with E-state index in [-0.39, 0.29) is 6.04 Å². The first-order valence-electron chi connectivity index (χ1n) is 11.0. The maximum atomic E-state index is 9.53. The van der Waals surface area contributed by atoms with Crippen molar-refractivity contribution in [2.45, 2.75) is 92.3 Å². The molecule has 1 aromatic carbocycles. The minimum Gasteiger partial charge on any atom is -0.379 e. The third kappa shape index (κ3) is 6.36. The van der Waals surface area contributed by atoms with Gasteiger partial charge in [0.05, 0.1) is 6.04 Å². The maximum Gasteiger partial charge on any atom is 0.104 e. The Morgan fingerprint density at radius 1 is 1.22 bits per heavy atom. The Kier molecular flexibility index (Phi) is 10.7. The molecule has 2 atom stereocenters. The molecule has 1 fully saturated rings. The minimum absolute atomic E-state index is 0.192. The van der Waals surface area contributed by atoms with Gasteiger partial charge in [0.2, 0.25) is 0 Å². The van der Waals surface area contributed by atoms with Gasteiger partial charge in [0.15, 0.2) is 0 Å². The summed E-state index contributed by atoms with van der Waals surface area (Å²) in [6, 6.07) is 6.56. The fourth-order valence-corrected chi connectivity index (χ4v) is 4.32. The van der Waals surface area contributed by atoms with Crippen LogP contribution in [-0.4, -0.2) is 22.8 Å². The van der Waals surface area contributed by atoms with Crippen LogP contribution in [0.2, 0.25) is 0 Å². The molecule has 1 heterocycles. The second kappa shape index (κ2) is 12.2. The van der Waals surface area contributed by atoms with Gasteiger partial charge in [0, 0.05) is 24.2 Å². The van der Waals surface area contributed by atoms with Gasteiger partial charge in [-0.2, -0.15) is 0 Å². The van der Waals surface area contributed by atoms with Crippen molar-refractivity contribution >= 4 is 5.70 Å². The highest BCUT2D eigenvalue weighted by Crippen LogP contribution is 2.44. The molecule has 3 heteroatoms. The molecular formula is C24H42N2O. The molecule has 1 aromatic rings. The van der Waals surface area contributed by atoms with Crippen molar-refractivity contribution < 1.29 is 5.11 Å².